The van der Waals surface area contributed by atoms with Gasteiger partial charge in [-0.05, 0) is 61.0 Å². The summed E-state index contributed by atoms with van der Waals surface area (Å²) >= 11 is 2.16. The molecule has 0 fully saturated rings. The minimum Gasteiger partial charge on any atom is -0.480 e. The van der Waals surface area contributed by atoms with Gasteiger partial charge in [-0.1, -0.05) is 0 Å². The van der Waals surface area contributed by atoms with Crippen LogP contribution in [-0.4, -0.2) is 60.5 Å². The first-order valence-electron chi connectivity index (χ1n) is 5.81. The molecule has 1 amide bonds. The molecule has 0 radical (unpaired) electrons. The van der Waals surface area contributed by atoms with Crippen molar-refractivity contribution in [2.75, 3.05) is 33.7 Å². The first kappa shape index (κ1) is 15.9. The van der Waals surface area contributed by atoms with Gasteiger partial charge in [-0.2, -0.15) is 0 Å². The van der Waals surface area contributed by atoms with Crippen LogP contribution in [0.15, 0.2) is 24.3 Å². The molecule has 0 saturated heterocycles. The molecule has 1 aromatic rings. The van der Waals surface area contributed by atoms with Crippen LogP contribution in [0.1, 0.15) is 10.4 Å². The van der Waals surface area contributed by atoms with Gasteiger partial charge >= 0.3 is 5.97 Å². The van der Waals surface area contributed by atoms with Crippen molar-refractivity contribution in [2.45, 2.75) is 0 Å². The molecule has 104 valence electrons. The molecule has 0 bridgehead atoms. The molecule has 1 rings (SSSR count). The van der Waals surface area contributed by atoms with Crippen LogP contribution in [0, 0.1) is 3.57 Å². The normalized spacial score (nSPS) is 10.5. The van der Waals surface area contributed by atoms with Crippen molar-refractivity contribution >= 4 is 34.5 Å². The number of carbonyl (C=O) groups is 2. The number of carbonyl (C=O) groups excluding carboxylic acids is 1. The maximum Gasteiger partial charge on any atom is 0.323 e. The van der Waals surface area contributed by atoms with Crippen LogP contribution in [0.4, 0.5) is 0 Å². The lowest BCUT2D eigenvalue weighted by Crippen LogP contribution is -2.40. The summed E-state index contributed by atoms with van der Waals surface area (Å²) in [6.45, 7) is 0.742. The van der Waals surface area contributed by atoms with Gasteiger partial charge < -0.3 is 14.9 Å². The highest BCUT2D eigenvalue weighted by Crippen LogP contribution is 2.09. The summed E-state index contributed by atoms with van der Waals surface area (Å²) in [6, 6.07) is 7.10. The van der Waals surface area contributed by atoms with E-state index >= 15 is 0 Å². The van der Waals surface area contributed by atoms with E-state index in [9.17, 15) is 9.59 Å². The van der Waals surface area contributed by atoms with Crippen molar-refractivity contribution in [3.05, 3.63) is 33.4 Å². The number of halogens is 1. The Balaban J connectivity index is 2.80. The van der Waals surface area contributed by atoms with Crippen molar-refractivity contribution in [1.82, 2.24) is 9.80 Å². The first-order chi connectivity index (χ1) is 8.90. The Kier molecular flexibility index (Phi) is 6.23. The second-order valence-corrected chi connectivity index (χ2v) is 5.68. The van der Waals surface area contributed by atoms with Gasteiger partial charge in [0.05, 0.1) is 0 Å². The van der Waals surface area contributed by atoms with Crippen LogP contribution in [0.3, 0.4) is 0 Å². The standard InChI is InChI=1S/C13H17IN2O3/c1-15(2)7-8-16(9-12(17)18)13(19)10-3-5-11(14)6-4-10/h3-6H,7-9H2,1-2H3,(H,17,18). The molecule has 0 atom stereocenters. The highest BCUT2D eigenvalue weighted by Gasteiger charge is 2.18. The quantitative estimate of drug-likeness (QED) is 0.763. The number of hydrogen-bond donors (Lipinski definition) is 1. The number of carboxylic acid groups (broad SMARTS) is 1. The number of rotatable bonds is 6. The number of nitrogens with zero attached hydrogens (tertiary/aromatic N) is 2. The summed E-state index contributed by atoms with van der Waals surface area (Å²) < 4.78 is 1.03. The lowest BCUT2D eigenvalue weighted by molar-refractivity contribution is -0.137. The van der Waals surface area contributed by atoms with E-state index < -0.39 is 5.97 Å². The number of aliphatic carboxylic acids is 1. The zero-order chi connectivity index (χ0) is 14.4. The van der Waals surface area contributed by atoms with Gasteiger partial charge in [0.15, 0.2) is 0 Å². The van der Waals surface area contributed by atoms with Crippen LogP contribution >= 0.6 is 22.6 Å². The fourth-order valence-electron chi connectivity index (χ4n) is 1.51. The zero-order valence-electron chi connectivity index (χ0n) is 11.0. The third-order valence-electron chi connectivity index (χ3n) is 2.52. The molecule has 0 aliphatic rings. The number of amides is 1. The zero-order valence-corrected chi connectivity index (χ0v) is 13.1. The Bertz CT molecular complexity index is 446. The van der Waals surface area contributed by atoms with Crippen molar-refractivity contribution in [3.63, 3.8) is 0 Å². The summed E-state index contributed by atoms with van der Waals surface area (Å²) in [6.07, 6.45) is 0. The second-order valence-electron chi connectivity index (χ2n) is 4.43. The fourth-order valence-corrected chi connectivity index (χ4v) is 1.87. The van der Waals surface area contributed by atoms with Crippen LogP contribution < -0.4 is 0 Å². The van der Waals surface area contributed by atoms with E-state index in [-0.39, 0.29) is 12.5 Å². The Morgan fingerprint density at radius 2 is 1.74 bits per heavy atom. The molecule has 1 N–H and O–H groups in total. The molecular weight excluding hydrogens is 359 g/mol. The van der Waals surface area contributed by atoms with E-state index in [0.717, 1.165) is 3.57 Å². The molecule has 1 aromatic carbocycles. The van der Waals surface area contributed by atoms with Crippen LogP contribution in [-0.2, 0) is 4.79 Å². The summed E-state index contributed by atoms with van der Waals surface area (Å²) in [4.78, 5) is 26.3. The van der Waals surface area contributed by atoms with Crippen molar-refractivity contribution in [1.29, 1.82) is 0 Å². The molecule has 0 spiro atoms. The molecule has 0 aromatic heterocycles. The minimum atomic E-state index is -1.00. The molecule has 6 heteroatoms. The van der Waals surface area contributed by atoms with E-state index in [4.69, 9.17) is 5.11 Å². The summed E-state index contributed by atoms with van der Waals surface area (Å²) in [5, 5.41) is 8.88. The Morgan fingerprint density at radius 1 is 1.16 bits per heavy atom. The maximum atomic E-state index is 12.2. The van der Waals surface area contributed by atoms with Gasteiger partial charge in [0.1, 0.15) is 6.54 Å². The highest BCUT2D eigenvalue weighted by molar-refractivity contribution is 14.1. The van der Waals surface area contributed by atoms with E-state index in [2.05, 4.69) is 22.6 Å². The van der Waals surface area contributed by atoms with E-state index in [1.165, 1.54) is 4.90 Å². The Morgan fingerprint density at radius 3 is 2.21 bits per heavy atom. The number of likely N-dealkylation sites (N-methyl/N-ethyl adjacent to an activating group) is 1. The molecule has 0 heterocycles. The smallest absolute Gasteiger partial charge is 0.323 e. The number of benzene rings is 1. The average molecular weight is 376 g/mol. The molecule has 0 unspecified atom stereocenters. The summed E-state index contributed by atoms with van der Waals surface area (Å²) in [5.41, 5.74) is 0.514. The van der Waals surface area contributed by atoms with Crippen molar-refractivity contribution in [3.8, 4) is 0 Å². The van der Waals surface area contributed by atoms with E-state index in [0.29, 0.717) is 18.7 Å². The van der Waals surface area contributed by atoms with Crippen molar-refractivity contribution < 1.29 is 14.7 Å². The van der Waals surface area contributed by atoms with Gasteiger partial charge in [-0.25, -0.2) is 0 Å². The third kappa shape index (κ3) is 5.56. The van der Waals surface area contributed by atoms with Crippen LogP contribution in [0.2, 0.25) is 0 Å². The third-order valence-corrected chi connectivity index (χ3v) is 3.24. The van der Waals surface area contributed by atoms with E-state index in [1.54, 1.807) is 12.1 Å². The highest BCUT2D eigenvalue weighted by atomic mass is 127. The minimum absolute atomic E-state index is 0.249. The second kappa shape index (κ2) is 7.44. The summed E-state index contributed by atoms with van der Waals surface area (Å²) in [5.74, 6) is -1.25. The largest absolute Gasteiger partial charge is 0.480 e. The van der Waals surface area contributed by atoms with Crippen molar-refractivity contribution in [2.24, 2.45) is 0 Å². The predicted molar refractivity (Wildman–Crippen MR) is 81.3 cm³/mol. The Labute approximate surface area is 126 Å². The lowest BCUT2D eigenvalue weighted by atomic mass is 10.2. The first-order valence-corrected chi connectivity index (χ1v) is 6.89. The number of carboxylic acids is 1. The summed E-state index contributed by atoms with van der Waals surface area (Å²) in [7, 11) is 3.77. The van der Waals surface area contributed by atoms with Gasteiger partial charge in [-0.3, -0.25) is 9.59 Å². The van der Waals surface area contributed by atoms with Gasteiger partial charge in [0.25, 0.3) is 5.91 Å². The van der Waals surface area contributed by atoms with Crippen LogP contribution in [0.5, 0.6) is 0 Å². The topological polar surface area (TPSA) is 60.9 Å². The fraction of sp³-hybridized carbons (Fsp3) is 0.385. The molecular formula is C13H17IN2O3. The number of hydrogen-bond acceptors (Lipinski definition) is 3. The van der Waals surface area contributed by atoms with Gasteiger partial charge in [-0.15, -0.1) is 0 Å². The molecule has 0 aliphatic carbocycles. The van der Waals surface area contributed by atoms with Gasteiger partial charge in [0, 0.05) is 22.2 Å². The van der Waals surface area contributed by atoms with Gasteiger partial charge in [0.2, 0.25) is 0 Å². The Hall–Kier alpha value is -1.15. The van der Waals surface area contributed by atoms with Crippen LogP contribution in [0.25, 0.3) is 0 Å². The van der Waals surface area contributed by atoms with E-state index in [1.807, 2.05) is 31.1 Å². The maximum absolute atomic E-state index is 12.2. The monoisotopic (exact) mass is 376 g/mol. The molecule has 19 heavy (non-hydrogen) atoms. The lowest BCUT2D eigenvalue weighted by Gasteiger charge is -2.22. The predicted octanol–water partition coefficient (Wildman–Crippen LogP) is 1.38. The molecule has 0 saturated carbocycles. The average Bonchev–Trinajstić information content (AvgIpc) is 2.34. The SMILES string of the molecule is CN(C)CCN(CC(=O)O)C(=O)c1ccc(I)cc1. The molecule has 5 nitrogen and oxygen atoms in total. The molecule has 0 aliphatic heterocycles.